The number of carbonyl (C=O) groups excluding carboxylic acids is 1. The maximum absolute atomic E-state index is 11.3. The Balaban J connectivity index is 1.83. The van der Waals surface area contributed by atoms with Crippen molar-refractivity contribution in [2.24, 2.45) is 16.7 Å². The lowest BCUT2D eigenvalue weighted by Crippen LogP contribution is -2.29. The van der Waals surface area contributed by atoms with Gasteiger partial charge >= 0.3 is 0 Å². The van der Waals surface area contributed by atoms with Gasteiger partial charge in [-0.25, -0.2) is 0 Å². The van der Waals surface area contributed by atoms with Crippen LogP contribution in [-0.4, -0.2) is 24.6 Å². The second-order valence-corrected chi connectivity index (χ2v) is 10.9. The third-order valence-corrected chi connectivity index (χ3v) is 6.37. The Labute approximate surface area is 210 Å². The van der Waals surface area contributed by atoms with Crippen molar-refractivity contribution in [3.8, 4) is 17.2 Å². The van der Waals surface area contributed by atoms with E-state index in [1.54, 1.807) is 12.1 Å². The first-order chi connectivity index (χ1) is 16.5. The molecule has 0 amide bonds. The number of hydrogen-bond acceptors (Lipinski definition) is 4. The molecule has 0 radical (unpaired) electrons. The van der Waals surface area contributed by atoms with Crippen molar-refractivity contribution in [2.75, 3.05) is 13.2 Å². The number of benzene rings is 2. The van der Waals surface area contributed by atoms with Crippen LogP contribution in [0, 0.1) is 16.7 Å². The minimum absolute atomic E-state index is 0.0426. The highest BCUT2D eigenvalue weighted by Crippen LogP contribution is 2.45. The van der Waals surface area contributed by atoms with Gasteiger partial charge in [-0.1, -0.05) is 76.8 Å². The van der Waals surface area contributed by atoms with Crippen molar-refractivity contribution >= 4 is 6.29 Å². The van der Waals surface area contributed by atoms with Crippen LogP contribution >= 0.6 is 0 Å². The summed E-state index contributed by atoms with van der Waals surface area (Å²) in [7, 11) is 0. The number of aldehydes is 1. The van der Waals surface area contributed by atoms with Crippen molar-refractivity contribution in [1.29, 1.82) is 0 Å². The van der Waals surface area contributed by atoms with Gasteiger partial charge < -0.3 is 19.4 Å². The summed E-state index contributed by atoms with van der Waals surface area (Å²) in [6, 6.07) is 13.5. The quantitative estimate of drug-likeness (QED) is 0.291. The van der Waals surface area contributed by atoms with Crippen LogP contribution in [-0.2, 0) is 4.79 Å². The average Bonchev–Trinajstić information content (AvgIpc) is 2.82. The molecule has 186 valence electrons. The minimum atomic E-state index is -0.375. The Morgan fingerprint density at radius 3 is 2.51 bits per heavy atom. The number of rotatable bonds is 10. The molecule has 2 aromatic rings. The fourth-order valence-electron chi connectivity index (χ4n) is 4.92. The first kappa shape index (κ1) is 26.3. The fraction of sp³-hybridized carbons (Fsp3) is 0.387. The normalized spacial score (nSPS) is 18.3. The third-order valence-electron chi connectivity index (χ3n) is 6.37. The molecule has 0 unspecified atom stereocenters. The molecular formula is C31H38O4. The van der Waals surface area contributed by atoms with Gasteiger partial charge in [0.05, 0.1) is 13.2 Å². The molecule has 35 heavy (non-hydrogen) atoms. The van der Waals surface area contributed by atoms with E-state index in [0.29, 0.717) is 19.0 Å². The summed E-state index contributed by atoms with van der Waals surface area (Å²) in [6.45, 7) is 15.5. The topological polar surface area (TPSA) is 55.8 Å². The molecule has 0 saturated heterocycles. The zero-order chi connectivity index (χ0) is 25.6. The van der Waals surface area contributed by atoms with Gasteiger partial charge in [-0.2, -0.15) is 0 Å². The van der Waals surface area contributed by atoms with Crippen LogP contribution in [0.15, 0.2) is 78.9 Å². The number of ether oxygens (including phenoxy) is 2. The zero-order valence-electron chi connectivity index (χ0n) is 21.6. The van der Waals surface area contributed by atoms with E-state index < -0.39 is 0 Å². The predicted octanol–water partition coefficient (Wildman–Crippen LogP) is 7.24. The second kappa shape index (κ2) is 11.0. The summed E-state index contributed by atoms with van der Waals surface area (Å²) in [4.78, 5) is 11.3. The van der Waals surface area contributed by atoms with Crippen molar-refractivity contribution < 1.29 is 19.4 Å². The number of carbonyl (C=O) groups is 1. The summed E-state index contributed by atoms with van der Waals surface area (Å²) in [5, 5.41) is 9.96. The van der Waals surface area contributed by atoms with Gasteiger partial charge in [-0.05, 0) is 48.1 Å². The second-order valence-electron chi connectivity index (χ2n) is 10.9. The molecule has 1 aliphatic heterocycles. The Hall–Kier alpha value is -3.27. The molecule has 0 spiro atoms. The van der Waals surface area contributed by atoms with E-state index in [4.69, 9.17) is 9.47 Å². The van der Waals surface area contributed by atoms with Crippen molar-refractivity contribution in [3.63, 3.8) is 0 Å². The van der Waals surface area contributed by atoms with Gasteiger partial charge in [0, 0.05) is 28.9 Å². The SMILES string of the molecule is C=C(/C=C\C=C/C)[C@H]1COc2cc(O)ccc2[C@H]1c1ccc(OCC(C)(C)CC(C)(C)C=O)cc1. The molecule has 4 heteroatoms. The molecule has 1 N–H and O–H groups in total. The molecule has 0 fully saturated rings. The maximum Gasteiger partial charge on any atom is 0.126 e. The number of aromatic hydroxyl groups is 1. The van der Waals surface area contributed by atoms with Crippen LogP contribution < -0.4 is 9.47 Å². The number of hydrogen-bond donors (Lipinski definition) is 1. The summed E-state index contributed by atoms with van der Waals surface area (Å²) < 4.78 is 12.1. The number of fused-ring (bicyclic) bond motifs is 1. The van der Waals surface area contributed by atoms with Crippen LogP contribution in [0.5, 0.6) is 17.2 Å². The highest BCUT2D eigenvalue weighted by atomic mass is 16.5. The Bertz CT molecular complexity index is 1090. The minimum Gasteiger partial charge on any atom is -0.508 e. The summed E-state index contributed by atoms with van der Waals surface area (Å²) in [6.07, 6.45) is 9.77. The lowest BCUT2D eigenvalue weighted by Gasteiger charge is -2.35. The standard InChI is InChI=1S/C31H38O4/c1-7-8-9-10-22(2)27-18-34-28-17-24(33)13-16-26(28)29(27)23-11-14-25(15-12-23)35-21-31(5,6)19-30(3,4)20-32/h7-17,20,27,29,33H,2,18-19,21H2,1,3-6H3/b8-7-,10-9-/t27-,29-/m1/s1. The van der Waals surface area contributed by atoms with Gasteiger partial charge in [0.15, 0.2) is 0 Å². The molecule has 1 heterocycles. The molecule has 4 nitrogen and oxygen atoms in total. The number of allylic oxidation sites excluding steroid dienone is 4. The molecule has 0 aromatic heterocycles. The smallest absolute Gasteiger partial charge is 0.126 e. The van der Waals surface area contributed by atoms with Crippen molar-refractivity contribution in [2.45, 2.75) is 47.0 Å². The first-order valence-corrected chi connectivity index (χ1v) is 12.2. The summed E-state index contributed by atoms with van der Waals surface area (Å²) in [5.41, 5.74) is 2.66. The van der Waals surface area contributed by atoms with E-state index >= 15 is 0 Å². The summed E-state index contributed by atoms with van der Waals surface area (Å²) >= 11 is 0. The van der Waals surface area contributed by atoms with E-state index in [2.05, 4.69) is 32.6 Å². The third kappa shape index (κ3) is 6.88. The molecule has 0 saturated carbocycles. The van der Waals surface area contributed by atoms with Crippen molar-refractivity contribution in [1.82, 2.24) is 0 Å². The van der Waals surface area contributed by atoms with E-state index in [1.807, 2.05) is 63.3 Å². The van der Waals surface area contributed by atoms with Gasteiger partial charge in [0.25, 0.3) is 0 Å². The van der Waals surface area contributed by atoms with Crippen LogP contribution in [0.4, 0.5) is 0 Å². The maximum atomic E-state index is 11.3. The van der Waals surface area contributed by atoms with E-state index in [9.17, 15) is 9.90 Å². The van der Waals surface area contributed by atoms with E-state index in [-0.39, 0.29) is 28.4 Å². The van der Waals surface area contributed by atoms with Crippen molar-refractivity contribution in [3.05, 3.63) is 90.0 Å². The Kier molecular flexibility index (Phi) is 8.26. The van der Waals surface area contributed by atoms with Gasteiger partial charge in [0.1, 0.15) is 23.5 Å². The van der Waals surface area contributed by atoms with Crippen LogP contribution in [0.1, 0.15) is 58.1 Å². The largest absolute Gasteiger partial charge is 0.508 e. The van der Waals surface area contributed by atoms with E-state index in [0.717, 1.165) is 35.2 Å². The number of phenols is 1. The Morgan fingerprint density at radius 1 is 1.14 bits per heavy atom. The molecule has 2 aromatic carbocycles. The molecular weight excluding hydrogens is 436 g/mol. The highest BCUT2D eigenvalue weighted by molar-refractivity contribution is 5.58. The highest BCUT2D eigenvalue weighted by Gasteiger charge is 2.34. The monoisotopic (exact) mass is 474 g/mol. The molecule has 0 bridgehead atoms. The zero-order valence-corrected chi connectivity index (χ0v) is 21.6. The lowest BCUT2D eigenvalue weighted by atomic mass is 9.76. The van der Waals surface area contributed by atoms with Gasteiger partial charge in [0.2, 0.25) is 0 Å². The molecule has 1 aliphatic rings. The molecule has 2 atom stereocenters. The molecule has 3 rings (SSSR count). The fourth-order valence-corrected chi connectivity index (χ4v) is 4.92. The van der Waals surface area contributed by atoms with Crippen LogP contribution in [0.25, 0.3) is 0 Å². The average molecular weight is 475 g/mol. The number of phenolic OH excluding ortho intramolecular Hbond substituents is 1. The van der Waals surface area contributed by atoms with Crippen LogP contribution in [0.3, 0.4) is 0 Å². The van der Waals surface area contributed by atoms with E-state index in [1.165, 1.54) is 0 Å². The van der Waals surface area contributed by atoms with Gasteiger partial charge in [-0.15, -0.1) is 0 Å². The molecule has 0 aliphatic carbocycles. The van der Waals surface area contributed by atoms with Gasteiger partial charge in [-0.3, -0.25) is 0 Å². The first-order valence-electron chi connectivity index (χ1n) is 12.2. The Morgan fingerprint density at radius 2 is 1.86 bits per heavy atom. The van der Waals surface area contributed by atoms with Crippen LogP contribution in [0.2, 0.25) is 0 Å². The predicted molar refractivity (Wildman–Crippen MR) is 142 cm³/mol. The lowest BCUT2D eigenvalue weighted by molar-refractivity contribution is -0.116. The summed E-state index contributed by atoms with van der Waals surface area (Å²) in [5.74, 6) is 1.80.